The molecule has 2 aromatic carbocycles. The molecule has 0 saturated carbocycles. The monoisotopic (exact) mass is 597 g/mol. The van der Waals surface area contributed by atoms with Crippen molar-refractivity contribution >= 4 is 11.4 Å². The Morgan fingerprint density at radius 2 is 0.705 bits per heavy atom. The molecule has 0 atom stereocenters. The highest BCUT2D eigenvalue weighted by Gasteiger charge is 2.25. The number of rotatable bonds is 22. The topological polar surface area (TPSA) is 25.3 Å². The third kappa shape index (κ3) is 10.6. The van der Waals surface area contributed by atoms with Crippen molar-refractivity contribution in [2.24, 2.45) is 0 Å². The molecule has 0 amide bonds. The van der Waals surface area contributed by atoms with Crippen molar-refractivity contribution in [1.82, 2.24) is 0 Å². The quantitative estimate of drug-likeness (QED) is 0.0954. The van der Waals surface area contributed by atoms with Crippen LogP contribution in [-0.2, 0) is 25.7 Å². The fourth-order valence-electron chi connectivity index (χ4n) is 6.85. The van der Waals surface area contributed by atoms with E-state index in [9.17, 15) is 5.53 Å². The van der Waals surface area contributed by atoms with Crippen molar-refractivity contribution in [2.45, 2.75) is 170 Å². The molecule has 1 aliphatic heterocycles. The Morgan fingerprint density at radius 3 is 0.955 bits per heavy atom. The van der Waals surface area contributed by atoms with Gasteiger partial charge >= 0.3 is 0 Å². The summed E-state index contributed by atoms with van der Waals surface area (Å²) in [5.41, 5.74) is 24.7. The van der Waals surface area contributed by atoms with E-state index in [0.717, 1.165) is 48.2 Å². The molecule has 0 fully saturated rings. The summed E-state index contributed by atoms with van der Waals surface area (Å²) in [5.74, 6) is 0. The molecule has 0 unspecified atom stereocenters. The first-order valence-electron chi connectivity index (χ1n) is 18.6. The van der Waals surface area contributed by atoms with Gasteiger partial charge in [0.15, 0.2) is 0 Å². The van der Waals surface area contributed by atoms with Gasteiger partial charge in [0.1, 0.15) is 0 Å². The highest BCUT2D eigenvalue weighted by Crippen LogP contribution is 2.35. The van der Waals surface area contributed by atoms with Crippen LogP contribution in [0.25, 0.3) is 16.9 Å². The molecule has 3 rings (SSSR count). The van der Waals surface area contributed by atoms with Gasteiger partial charge in [-0.3, -0.25) is 0 Å². The van der Waals surface area contributed by atoms with Crippen LogP contribution in [0.2, 0.25) is 0 Å². The Kier molecular flexibility index (Phi) is 16.2. The molecule has 242 valence electrons. The summed E-state index contributed by atoms with van der Waals surface area (Å²) in [6.07, 6.45) is 29.2. The van der Waals surface area contributed by atoms with Gasteiger partial charge in [0, 0.05) is 23.3 Å². The van der Waals surface area contributed by atoms with Crippen molar-refractivity contribution < 1.29 is 4.70 Å². The Bertz CT molecular complexity index is 1080. The first-order chi connectivity index (χ1) is 21.4. The summed E-state index contributed by atoms with van der Waals surface area (Å²) in [6.45, 7) is 13.8. The lowest BCUT2D eigenvalue weighted by molar-refractivity contribution is -0.344. The minimum absolute atomic E-state index is 0.916. The molecule has 1 heterocycles. The predicted octanol–water partition coefficient (Wildman–Crippen LogP) is 13.2. The van der Waals surface area contributed by atoms with Crippen LogP contribution in [0.4, 0.5) is 0 Å². The Labute approximate surface area is 271 Å². The summed E-state index contributed by atoms with van der Waals surface area (Å²) in [7, 11) is 0. The number of allylic oxidation sites excluding steroid dienone is 2. The SMILES string of the molecule is CCCCCCc1cc(C2=CC=C(c3cc(CCCCCC)c(C)c(CCCCCC)c3)[N+]2=[N-])cc(CCCCCC)c1C. The Balaban J connectivity index is 1.89. The summed E-state index contributed by atoms with van der Waals surface area (Å²) < 4.78 is 1.48. The number of hydrogen-bond acceptors (Lipinski definition) is 0. The second kappa shape index (κ2) is 19.8. The van der Waals surface area contributed by atoms with Crippen molar-refractivity contribution in [1.29, 1.82) is 0 Å². The van der Waals surface area contributed by atoms with E-state index >= 15 is 0 Å². The van der Waals surface area contributed by atoms with E-state index in [1.807, 2.05) is 0 Å². The van der Waals surface area contributed by atoms with Crippen LogP contribution < -0.4 is 0 Å². The van der Waals surface area contributed by atoms with E-state index in [1.165, 1.54) is 141 Å². The van der Waals surface area contributed by atoms with Gasteiger partial charge in [-0.25, -0.2) is 4.70 Å². The van der Waals surface area contributed by atoms with Crippen molar-refractivity contribution in [2.75, 3.05) is 0 Å². The first kappa shape index (κ1) is 36.0. The predicted molar refractivity (Wildman–Crippen MR) is 193 cm³/mol. The highest BCUT2D eigenvalue weighted by molar-refractivity contribution is 5.76. The molecule has 1 aliphatic rings. The van der Waals surface area contributed by atoms with Crippen LogP contribution in [0.5, 0.6) is 0 Å². The third-order valence-electron chi connectivity index (χ3n) is 9.89. The second-order valence-corrected chi connectivity index (χ2v) is 13.5. The molecular formula is C42H64N2. The molecule has 0 saturated heterocycles. The molecule has 2 nitrogen and oxygen atoms in total. The summed E-state index contributed by atoms with van der Waals surface area (Å²) >= 11 is 0. The van der Waals surface area contributed by atoms with Crippen LogP contribution >= 0.6 is 0 Å². The maximum absolute atomic E-state index is 11.7. The Morgan fingerprint density at radius 1 is 0.432 bits per heavy atom. The maximum atomic E-state index is 11.7. The smallest absolute Gasteiger partial charge is 0.207 e. The molecule has 0 spiro atoms. The van der Waals surface area contributed by atoms with Crippen LogP contribution in [0, 0.1) is 13.8 Å². The average Bonchev–Trinajstić information content (AvgIpc) is 3.41. The number of benzene rings is 2. The molecule has 2 aromatic rings. The molecule has 0 N–H and O–H groups in total. The third-order valence-corrected chi connectivity index (χ3v) is 9.89. The summed E-state index contributed by atoms with van der Waals surface area (Å²) in [4.78, 5) is 0. The van der Waals surface area contributed by atoms with E-state index in [1.54, 1.807) is 0 Å². The molecule has 0 bridgehead atoms. The van der Waals surface area contributed by atoms with E-state index in [2.05, 4.69) is 78.0 Å². The van der Waals surface area contributed by atoms with Crippen LogP contribution in [0.3, 0.4) is 0 Å². The molecule has 44 heavy (non-hydrogen) atoms. The molecule has 2 heteroatoms. The standard InChI is InChI=1S/C42H64N2/c1-7-11-15-19-23-35-29-39(30-36(33(35)5)24-20-16-12-8-2)41-27-28-42(44(41)43)40-31-37(25-21-17-13-9-3)34(6)38(32-40)26-22-18-14-10-4/h27-32H,7-26H2,1-6H3. The van der Waals surface area contributed by atoms with Gasteiger partial charge < -0.3 is 5.53 Å². The zero-order chi connectivity index (χ0) is 31.7. The number of unbranched alkanes of at least 4 members (excludes halogenated alkanes) is 12. The minimum Gasteiger partial charge on any atom is -0.493 e. The molecule has 0 aliphatic carbocycles. The highest BCUT2D eigenvalue weighted by atomic mass is 15.2. The Hall–Kier alpha value is -2.48. The van der Waals surface area contributed by atoms with Crippen LogP contribution in [0.1, 0.15) is 175 Å². The zero-order valence-electron chi connectivity index (χ0n) is 29.5. The lowest BCUT2D eigenvalue weighted by Gasteiger charge is -2.17. The molecule has 0 aromatic heterocycles. The van der Waals surface area contributed by atoms with Gasteiger partial charge in [0.05, 0.1) is 0 Å². The van der Waals surface area contributed by atoms with E-state index in [-0.39, 0.29) is 0 Å². The lowest BCUT2D eigenvalue weighted by Crippen LogP contribution is -2.07. The molecular weight excluding hydrogens is 532 g/mol. The van der Waals surface area contributed by atoms with Gasteiger partial charge in [0.25, 0.3) is 0 Å². The summed E-state index contributed by atoms with van der Waals surface area (Å²) in [5, 5.41) is 0. The zero-order valence-corrected chi connectivity index (χ0v) is 29.5. The molecule has 0 radical (unpaired) electrons. The van der Waals surface area contributed by atoms with Gasteiger partial charge in [-0.1, -0.05) is 105 Å². The van der Waals surface area contributed by atoms with Crippen molar-refractivity contribution in [3.8, 4) is 0 Å². The van der Waals surface area contributed by atoms with Crippen LogP contribution in [0.15, 0.2) is 36.4 Å². The fourth-order valence-corrected chi connectivity index (χ4v) is 6.85. The minimum atomic E-state index is 0.916. The first-order valence-corrected chi connectivity index (χ1v) is 18.6. The van der Waals surface area contributed by atoms with Gasteiger partial charge in [-0.05, 0) is 123 Å². The largest absolute Gasteiger partial charge is 0.493 e. The van der Waals surface area contributed by atoms with Crippen molar-refractivity contribution in [3.05, 3.63) is 86.5 Å². The number of hydrogen-bond donors (Lipinski definition) is 0. The number of aryl methyl sites for hydroxylation is 4. The fraction of sp³-hybridized carbons (Fsp3) is 0.619. The van der Waals surface area contributed by atoms with Crippen molar-refractivity contribution in [3.63, 3.8) is 0 Å². The van der Waals surface area contributed by atoms with Gasteiger partial charge in [-0.15, -0.1) is 0 Å². The number of nitrogens with zero attached hydrogens (tertiary/aromatic N) is 2. The van der Waals surface area contributed by atoms with E-state index in [0.29, 0.717) is 0 Å². The van der Waals surface area contributed by atoms with Gasteiger partial charge in [0.2, 0.25) is 11.4 Å². The second-order valence-electron chi connectivity index (χ2n) is 13.5. The van der Waals surface area contributed by atoms with E-state index < -0.39 is 0 Å². The van der Waals surface area contributed by atoms with E-state index in [4.69, 9.17) is 0 Å². The maximum Gasteiger partial charge on any atom is 0.207 e. The van der Waals surface area contributed by atoms with Gasteiger partial charge in [-0.2, -0.15) is 0 Å². The van der Waals surface area contributed by atoms with Crippen LogP contribution in [-0.4, -0.2) is 4.70 Å². The average molecular weight is 597 g/mol. The lowest BCUT2D eigenvalue weighted by atomic mass is 9.91. The summed E-state index contributed by atoms with van der Waals surface area (Å²) in [6, 6.07) is 9.48. The normalized spacial score (nSPS) is 13.1.